The molecule has 23 heavy (non-hydrogen) atoms. The van der Waals surface area contributed by atoms with Gasteiger partial charge in [-0.2, -0.15) is 0 Å². The van der Waals surface area contributed by atoms with Crippen molar-refractivity contribution in [3.63, 3.8) is 0 Å². The van der Waals surface area contributed by atoms with Gasteiger partial charge in [-0.25, -0.2) is 0 Å². The standard InChI is InChI=1S/C18H27NO4/c1-13(2)21-10-6-9-19-16(20)12-22-15-8-5-7-14-11-18(3,4)23-17(14)15/h5,7-8,13H,6,9-12H2,1-4H3,(H,19,20). The summed E-state index contributed by atoms with van der Waals surface area (Å²) in [5, 5.41) is 2.83. The number of ether oxygens (including phenoxy) is 3. The van der Waals surface area contributed by atoms with Crippen LogP contribution >= 0.6 is 0 Å². The average molecular weight is 321 g/mol. The van der Waals surface area contributed by atoms with E-state index >= 15 is 0 Å². The van der Waals surface area contributed by atoms with Gasteiger partial charge in [0, 0.05) is 25.1 Å². The van der Waals surface area contributed by atoms with E-state index in [4.69, 9.17) is 14.2 Å². The zero-order valence-corrected chi connectivity index (χ0v) is 14.5. The highest BCUT2D eigenvalue weighted by atomic mass is 16.5. The molecule has 5 nitrogen and oxygen atoms in total. The molecular formula is C18H27NO4. The van der Waals surface area contributed by atoms with Crippen LogP contribution in [0.3, 0.4) is 0 Å². The minimum absolute atomic E-state index is 0.00865. The van der Waals surface area contributed by atoms with Crippen LogP contribution in [-0.4, -0.2) is 37.4 Å². The molecule has 0 radical (unpaired) electrons. The molecule has 0 atom stereocenters. The number of para-hydroxylation sites is 1. The Morgan fingerprint density at radius 1 is 1.39 bits per heavy atom. The summed E-state index contributed by atoms with van der Waals surface area (Å²) < 4.78 is 17.0. The average Bonchev–Trinajstić information content (AvgIpc) is 2.78. The first-order valence-electron chi connectivity index (χ1n) is 8.19. The summed E-state index contributed by atoms with van der Waals surface area (Å²) in [7, 11) is 0. The van der Waals surface area contributed by atoms with Crippen molar-refractivity contribution in [3.8, 4) is 11.5 Å². The Bertz CT molecular complexity index is 540. The third-order valence-electron chi connectivity index (χ3n) is 3.51. The number of hydrogen-bond donors (Lipinski definition) is 1. The van der Waals surface area contributed by atoms with Crippen LogP contribution in [0.5, 0.6) is 11.5 Å². The predicted octanol–water partition coefficient (Wildman–Crippen LogP) is 2.71. The summed E-state index contributed by atoms with van der Waals surface area (Å²) in [4.78, 5) is 11.8. The molecule has 0 saturated heterocycles. The molecule has 0 bridgehead atoms. The fourth-order valence-corrected chi connectivity index (χ4v) is 2.51. The van der Waals surface area contributed by atoms with E-state index in [0.29, 0.717) is 18.9 Å². The van der Waals surface area contributed by atoms with Gasteiger partial charge < -0.3 is 19.5 Å². The SMILES string of the molecule is CC(C)OCCCNC(=O)COc1cccc2c1OC(C)(C)C2. The second-order valence-corrected chi connectivity index (χ2v) is 6.69. The van der Waals surface area contributed by atoms with E-state index in [9.17, 15) is 4.79 Å². The van der Waals surface area contributed by atoms with Crippen LogP contribution < -0.4 is 14.8 Å². The van der Waals surface area contributed by atoms with Crippen LogP contribution in [0.15, 0.2) is 18.2 Å². The molecule has 0 aromatic heterocycles. The van der Waals surface area contributed by atoms with Gasteiger partial charge in [0.1, 0.15) is 5.60 Å². The van der Waals surface area contributed by atoms with Crippen LogP contribution in [0.25, 0.3) is 0 Å². The van der Waals surface area contributed by atoms with E-state index in [0.717, 1.165) is 24.2 Å². The Balaban J connectivity index is 1.75. The van der Waals surface area contributed by atoms with Crippen LogP contribution in [0, 0.1) is 0 Å². The van der Waals surface area contributed by atoms with Gasteiger partial charge in [0.2, 0.25) is 0 Å². The van der Waals surface area contributed by atoms with Crippen LogP contribution in [0.1, 0.15) is 39.7 Å². The maximum atomic E-state index is 11.8. The molecule has 2 rings (SSSR count). The molecule has 1 heterocycles. The molecule has 0 spiro atoms. The van der Waals surface area contributed by atoms with Crippen LogP contribution in [-0.2, 0) is 16.0 Å². The molecular weight excluding hydrogens is 294 g/mol. The molecule has 5 heteroatoms. The lowest BCUT2D eigenvalue weighted by atomic mass is 10.0. The molecule has 0 unspecified atom stereocenters. The van der Waals surface area contributed by atoms with Gasteiger partial charge in [-0.3, -0.25) is 4.79 Å². The Labute approximate surface area is 138 Å². The molecule has 1 aromatic carbocycles. The van der Waals surface area contributed by atoms with Gasteiger partial charge >= 0.3 is 0 Å². The fourth-order valence-electron chi connectivity index (χ4n) is 2.51. The molecule has 0 aliphatic carbocycles. The number of benzene rings is 1. The van der Waals surface area contributed by atoms with Gasteiger partial charge in [-0.1, -0.05) is 12.1 Å². The third-order valence-corrected chi connectivity index (χ3v) is 3.51. The zero-order chi connectivity index (χ0) is 16.9. The molecule has 1 amide bonds. The van der Waals surface area contributed by atoms with Gasteiger partial charge in [0.25, 0.3) is 5.91 Å². The molecule has 1 aliphatic heterocycles. The van der Waals surface area contributed by atoms with Gasteiger partial charge in [-0.05, 0) is 40.2 Å². The first-order chi connectivity index (χ1) is 10.9. The van der Waals surface area contributed by atoms with Gasteiger partial charge in [0.05, 0.1) is 6.10 Å². The maximum Gasteiger partial charge on any atom is 0.257 e. The number of carbonyl (C=O) groups is 1. The minimum Gasteiger partial charge on any atom is -0.483 e. The van der Waals surface area contributed by atoms with Crippen molar-refractivity contribution < 1.29 is 19.0 Å². The highest BCUT2D eigenvalue weighted by Crippen LogP contribution is 2.41. The number of hydrogen-bond acceptors (Lipinski definition) is 4. The van der Waals surface area contributed by atoms with Crippen molar-refractivity contribution in [2.24, 2.45) is 0 Å². The molecule has 0 fully saturated rings. The van der Waals surface area contributed by atoms with Crippen LogP contribution in [0.4, 0.5) is 0 Å². The number of rotatable bonds is 8. The summed E-state index contributed by atoms with van der Waals surface area (Å²) in [6, 6.07) is 5.80. The summed E-state index contributed by atoms with van der Waals surface area (Å²) in [5.74, 6) is 1.26. The fraction of sp³-hybridized carbons (Fsp3) is 0.611. The molecule has 1 N–H and O–H groups in total. The Morgan fingerprint density at radius 3 is 2.91 bits per heavy atom. The number of carbonyl (C=O) groups excluding carboxylic acids is 1. The predicted molar refractivity (Wildman–Crippen MR) is 89.1 cm³/mol. The number of amides is 1. The van der Waals surface area contributed by atoms with Crippen molar-refractivity contribution in [1.29, 1.82) is 0 Å². The second kappa shape index (κ2) is 7.68. The summed E-state index contributed by atoms with van der Waals surface area (Å²) in [6.07, 6.45) is 1.86. The molecule has 1 aromatic rings. The minimum atomic E-state index is -0.222. The van der Waals surface area contributed by atoms with Crippen molar-refractivity contribution in [2.45, 2.75) is 52.2 Å². The van der Waals surface area contributed by atoms with E-state index in [2.05, 4.69) is 5.32 Å². The van der Waals surface area contributed by atoms with E-state index in [1.807, 2.05) is 45.9 Å². The monoisotopic (exact) mass is 321 g/mol. The zero-order valence-electron chi connectivity index (χ0n) is 14.5. The Morgan fingerprint density at radius 2 is 2.17 bits per heavy atom. The molecule has 128 valence electrons. The van der Waals surface area contributed by atoms with E-state index in [1.165, 1.54) is 0 Å². The summed E-state index contributed by atoms with van der Waals surface area (Å²) in [5.41, 5.74) is 0.902. The normalized spacial score (nSPS) is 15.2. The Kier molecular flexibility index (Phi) is 5.88. The van der Waals surface area contributed by atoms with Crippen molar-refractivity contribution in [1.82, 2.24) is 5.32 Å². The summed E-state index contributed by atoms with van der Waals surface area (Å²) in [6.45, 7) is 9.30. The summed E-state index contributed by atoms with van der Waals surface area (Å²) >= 11 is 0. The molecule has 0 saturated carbocycles. The topological polar surface area (TPSA) is 56.8 Å². The van der Waals surface area contributed by atoms with Gasteiger partial charge in [-0.15, -0.1) is 0 Å². The number of nitrogens with one attached hydrogen (secondary N) is 1. The second-order valence-electron chi connectivity index (χ2n) is 6.69. The first kappa shape index (κ1) is 17.6. The highest BCUT2D eigenvalue weighted by molar-refractivity contribution is 5.77. The lowest BCUT2D eigenvalue weighted by molar-refractivity contribution is -0.123. The quantitative estimate of drug-likeness (QED) is 0.748. The third kappa shape index (κ3) is 5.43. The smallest absolute Gasteiger partial charge is 0.257 e. The Hall–Kier alpha value is -1.75. The highest BCUT2D eigenvalue weighted by Gasteiger charge is 2.32. The lowest BCUT2D eigenvalue weighted by Gasteiger charge is -2.18. The first-order valence-corrected chi connectivity index (χ1v) is 8.19. The van der Waals surface area contributed by atoms with E-state index < -0.39 is 0 Å². The van der Waals surface area contributed by atoms with Crippen molar-refractivity contribution in [3.05, 3.63) is 23.8 Å². The van der Waals surface area contributed by atoms with Crippen molar-refractivity contribution >= 4 is 5.91 Å². The van der Waals surface area contributed by atoms with E-state index in [-0.39, 0.29) is 24.2 Å². The largest absolute Gasteiger partial charge is 0.483 e. The maximum absolute atomic E-state index is 11.8. The number of fused-ring (bicyclic) bond motifs is 1. The van der Waals surface area contributed by atoms with Gasteiger partial charge in [0.15, 0.2) is 18.1 Å². The van der Waals surface area contributed by atoms with E-state index in [1.54, 1.807) is 0 Å². The van der Waals surface area contributed by atoms with Crippen LogP contribution in [0.2, 0.25) is 0 Å². The lowest BCUT2D eigenvalue weighted by Crippen LogP contribution is -2.30. The molecule has 1 aliphatic rings. The van der Waals surface area contributed by atoms with Crippen molar-refractivity contribution in [2.75, 3.05) is 19.8 Å².